The van der Waals surface area contributed by atoms with E-state index in [0.717, 1.165) is 5.56 Å². The molecular formula is C21H20F3N3O2. The van der Waals surface area contributed by atoms with Crippen LogP contribution in [-0.4, -0.2) is 24.2 Å². The predicted molar refractivity (Wildman–Crippen MR) is 103 cm³/mol. The lowest BCUT2D eigenvalue weighted by Crippen LogP contribution is -2.18. The van der Waals surface area contributed by atoms with Gasteiger partial charge < -0.3 is 15.2 Å². The van der Waals surface area contributed by atoms with E-state index in [1.807, 2.05) is 0 Å². The molecule has 0 aliphatic rings. The zero-order valence-corrected chi connectivity index (χ0v) is 16.0. The van der Waals surface area contributed by atoms with Gasteiger partial charge in [0.15, 0.2) is 5.69 Å². The van der Waals surface area contributed by atoms with Gasteiger partial charge in [0.1, 0.15) is 17.3 Å². The Bertz CT molecular complexity index is 972. The molecule has 0 aliphatic carbocycles. The van der Waals surface area contributed by atoms with Crippen molar-refractivity contribution >= 4 is 5.82 Å². The van der Waals surface area contributed by atoms with E-state index < -0.39 is 11.9 Å². The van der Waals surface area contributed by atoms with Crippen LogP contribution >= 0.6 is 0 Å². The molecule has 3 aromatic rings. The quantitative estimate of drug-likeness (QED) is 0.665. The van der Waals surface area contributed by atoms with Gasteiger partial charge in [-0.05, 0) is 35.4 Å². The molecule has 1 heterocycles. The molecule has 0 aliphatic heterocycles. The van der Waals surface area contributed by atoms with E-state index in [9.17, 15) is 13.2 Å². The van der Waals surface area contributed by atoms with E-state index in [1.54, 1.807) is 48.5 Å². The lowest BCUT2D eigenvalue weighted by atomic mass is 10.1. The summed E-state index contributed by atoms with van der Waals surface area (Å²) in [5.41, 5.74) is 6.20. The maximum absolute atomic E-state index is 13.6. The number of methoxy groups -OCH3 is 2. The number of hydrogen-bond acceptors (Lipinski definition) is 5. The summed E-state index contributed by atoms with van der Waals surface area (Å²) in [6.07, 6.45) is -4.55. The number of nitrogens with two attached hydrogens (primary N) is 1. The molecule has 8 heteroatoms. The fraction of sp³-hybridized carbons (Fsp3) is 0.238. The topological polar surface area (TPSA) is 70.3 Å². The molecule has 0 atom stereocenters. The number of alkyl halides is 3. The van der Waals surface area contributed by atoms with E-state index in [1.165, 1.54) is 14.2 Å². The summed E-state index contributed by atoms with van der Waals surface area (Å²) in [7, 11) is 3.06. The van der Waals surface area contributed by atoms with Gasteiger partial charge in [0.2, 0.25) is 0 Å². The number of halogens is 3. The molecule has 2 N–H and O–H groups in total. The minimum Gasteiger partial charge on any atom is -0.497 e. The van der Waals surface area contributed by atoms with Crippen LogP contribution in [0.5, 0.6) is 11.5 Å². The van der Waals surface area contributed by atoms with Gasteiger partial charge in [-0.2, -0.15) is 13.2 Å². The van der Waals surface area contributed by atoms with Crippen LogP contribution in [0.2, 0.25) is 0 Å². The Labute approximate surface area is 166 Å². The number of nitrogens with zero attached hydrogens (tertiary/aromatic N) is 2. The summed E-state index contributed by atoms with van der Waals surface area (Å²) < 4.78 is 51.1. The Balaban J connectivity index is 1.93. The number of benzene rings is 2. The molecule has 0 bridgehead atoms. The first kappa shape index (κ1) is 20.4. The van der Waals surface area contributed by atoms with Crippen molar-refractivity contribution in [2.24, 2.45) is 0 Å². The van der Waals surface area contributed by atoms with E-state index in [4.69, 9.17) is 15.2 Å². The Morgan fingerprint density at radius 2 is 1.21 bits per heavy atom. The van der Waals surface area contributed by atoms with Gasteiger partial charge in [-0.15, -0.1) is 0 Å². The number of anilines is 1. The second-order valence-electron chi connectivity index (χ2n) is 6.40. The zero-order valence-electron chi connectivity index (χ0n) is 16.0. The summed E-state index contributed by atoms with van der Waals surface area (Å²) in [4.78, 5) is 7.89. The number of aromatic nitrogens is 2. The predicted octanol–water partition coefficient (Wildman–Crippen LogP) is 4.28. The molecule has 0 unspecified atom stereocenters. The van der Waals surface area contributed by atoms with Gasteiger partial charge in [0, 0.05) is 12.8 Å². The highest BCUT2D eigenvalue weighted by molar-refractivity contribution is 5.43. The summed E-state index contributed by atoms with van der Waals surface area (Å²) in [5, 5.41) is 0. The number of hydrogen-bond donors (Lipinski definition) is 1. The Morgan fingerprint density at radius 1 is 0.759 bits per heavy atom. The molecule has 5 nitrogen and oxygen atoms in total. The third-order valence-electron chi connectivity index (χ3n) is 4.40. The summed E-state index contributed by atoms with van der Waals surface area (Å²) in [6.45, 7) is 0. The Kier molecular flexibility index (Phi) is 5.91. The fourth-order valence-electron chi connectivity index (χ4n) is 2.87. The summed E-state index contributed by atoms with van der Waals surface area (Å²) >= 11 is 0. The molecule has 0 saturated heterocycles. The molecule has 0 saturated carbocycles. The van der Waals surface area contributed by atoms with Gasteiger partial charge in [-0.3, -0.25) is 0 Å². The molecule has 3 rings (SSSR count). The van der Waals surface area contributed by atoms with Crippen molar-refractivity contribution in [2.75, 3.05) is 20.0 Å². The van der Waals surface area contributed by atoms with E-state index in [2.05, 4.69) is 9.97 Å². The molecule has 152 valence electrons. The highest BCUT2D eigenvalue weighted by Crippen LogP contribution is 2.32. The standard InChI is InChI=1S/C21H20F3N3O2/c1-28-15-7-3-13(4-8-15)11-17-19(21(22,23)24)26-18(20(25)27-17)12-14-5-9-16(29-2)10-6-14/h3-10H,11-12H2,1-2H3,(H2,25,27). The monoisotopic (exact) mass is 403 g/mol. The van der Waals surface area contributed by atoms with Crippen LogP contribution < -0.4 is 15.2 Å². The highest BCUT2D eigenvalue weighted by Gasteiger charge is 2.37. The molecule has 0 spiro atoms. The van der Waals surface area contributed by atoms with Crippen LogP contribution in [0, 0.1) is 0 Å². The van der Waals surface area contributed by atoms with Crippen molar-refractivity contribution in [1.82, 2.24) is 9.97 Å². The smallest absolute Gasteiger partial charge is 0.435 e. The normalized spacial score (nSPS) is 11.3. The van der Waals surface area contributed by atoms with Crippen LogP contribution in [0.4, 0.5) is 19.0 Å². The first-order valence-corrected chi connectivity index (χ1v) is 8.78. The Morgan fingerprint density at radius 3 is 1.62 bits per heavy atom. The SMILES string of the molecule is COc1ccc(Cc2nc(C(F)(F)F)c(Cc3ccc(OC)cc3)nc2N)cc1. The second-order valence-corrected chi connectivity index (χ2v) is 6.40. The third-order valence-corrected chi connectivity index (χ3v) is 4.40. The van der Waals surface area contributed by atoms with Gasteiger partial charge in [-0.25, -0.2) is 9.97 Å². The van der Waals surface area contributed by atoms with Crippen molar-refractivity contribution < 1.29 is 22.6 Å². The van der Waals surface area contributed by atoms with Crippen molar-refractivity contribution in [1.29, 1.82) is 0 Å². The molecule has 2 aromatic carbocycles. The Hall–Kier alpha value is -3.29. The van der Waals surface area contributed by atoms with Crippen molar-refractivity contribution in [3.8, 4) is 11.5 Å². The lowest BCUT2D eigenvalue weighted by Gasteiger charge is -2.15. The molecular weight excluding hydrogens is 383 g/mol. The van der Waals surface area contributed by atoms with Gasteiger partial charge in [0.05, 0.1) is 25.6 Å². The van der Waals surface area contributed by atoms with Crippen LogP contribution in [0.1, 0.15) is 28.2 Å². The van der Waals surface area contributed by atoms with Crippen molar-refractivity contribution in [3.05, 3.63) is 76.7 Å². The van der Waals surface area contributed by atoms with Gasteiger partial charge in [-0.1, -0.05) is 24.3 Å². The molecule has 0 amide bonds. The van der Waals surface area contributed by atoms with Crippen molar-refractivity contribution in [3.63, 3.8) is 0 Å². The highest BCUT2D eigenvalue weighted by atomic mass is 19.4. The van der Waals surface area contributed by atoms with Gasteiger partial charge >= 0.3 is 6.18 Å². The molecule has 1 aromatic heterocycles. The number of nitrogen functional groups attached to an aromatic ring is 1. The van der Waals surface area contributed by atoms with E-state index in [0.29, 0.717) is 17.1 Å². The van der Waals surface area contributed by atoms with Crippen LogP contribution in [0.15, 0.2) is 48.5 Å². The van der Waals surface area contributed by atoms with Crippen LogP contribution in [0.25, 0.3) is 0 Å². The second kappa shape index (κ2) is 8.38. The number of ether oxygens (including phenoxy) is 2. The summed E-state index contributed by atoms with van der Waals surface area (Å²) in [6, 6.07) is 13.7. The van der Waals surface area contributed by atoms with E-state index >= 15 is 0 Å². The maximum atomic E-state index is 13.6. The molecule has 0 radical (unpaired) electrons. The lowest BCUT2D eigenvalue weighted by molar-refractivity contribution is -0.142. The average molecular weight is 403 g/mol. The van der Waals surface area contributed by atoms with Crippen molar-refractivity contribution in [2.45, 2.75) is 19.0 Å². The maximum Gasteiger partial charge on any atom is 0.435 e. The first-order chi connectivity index (χ1) is 13.8. The largest absolute Gasteiger partial charge is 0.497 e. The molecule has 0 fully saturated rings. The van der Waals surface area contributed by atoms with E-state index in [-0.39, 0.29) is 30.0 Å². The first-order valence-electron chi connectivity index (χ1n) is 8.78. The fourth-order valence-corrected chi connectivity index (χ4v) is 2.87. The summed E-state index contributed by atoms with van der Waals surface area (Å²) in [5.74, 6) is 1.25. The van der Waals surface area contributed by atoms with Gasteiger partial charge in [0.25, 0.3) is 0 Å². The minimum absolute atomic E-state index is 0.0164. The molecule has 29 heavy (non-hydrogen) atoms. The van der Waals surface area contributed by atoms with Crippen LogP contribution in [-0.2, 0) is 19.0 Å². The number of rotatable bonds is 6. The van der Waals surface area contributed by atoms with Crippen LogP contribution in [0.3, 0.4) is 0 Å². The minimum atomic E-state index is -4.64. The zero-order chi connectivity index (χ0) is 21.0. The average Bonchev–Trinajstić information content (AvgIpc) is 2.70. The third kappa shape index (κ3) is 4.96.